The summed E-state index contributed by atoms with van der Waals surface area (Å²) in [4.78, 5) is 13.9. The van der Waals surface area contributed by atoms with Crippen molar-refractivity contribution in [2.24, 2.45) is 0 Å². The maximum absolute atomic E-state index is 9.99. The molecule has 0 aliphatic carbocycles. The average molecular weight is 444 g/mol. The van der Waals surface area contributed by atoms with Crippen LogP contribution in [0.3, 0.4) is 0 Å². The highest BCUT2D eigenvalue weighted by atomic mass is 35.5. The molecule has 1 aromatic heterocycles. The topological polar surface area (TPSA) is 78.5 Å². The Morgan fingerprint density at radius 2 is 1.67 bits per heavy atom. The minimum Gasteiger partial charge on any atom is -0.397 e. The van der Waals surface area contributed by atoms with Crippen LogP contribution in [-0.4, -0.2) is 41.3 Å². The molecule has 0 bridgehead atoms. The Morgan fingerprint density at radius 3 is 2.37 bits per heavy atom. The number of aliphatic hydroxyl groups excluding tert-OH is 1. The average Bonchev–Trinajstić information content (AvgIpc) is 2.76. The summed E-state index contributed by atoms with van der Waals surface area (Å²) in [6.07, 6.45) is 0. The number of anilines is 3. The third kappa shape index (κ3) is 3.90. The van der Waals surface area contributed by atoms with Gasteiger partial charge in [-0.05, 0) is 25.1 Å². The van der Waals surface area contributed by atoms with E-state index in [-0.39, 0.29) is 6.61 Å². The minimum absolute atomic E-state index is 0.209. The number of aliphatic hydroxyl groups is 1. The van der Waals surface area contributed by atoms with Gasteiger partial charge in [-0.25, -0.2) is 9.97 Å². The van der Waals surface area contributed by atoms with Gasteiger partial charge in [-0.15, -0.1) is 0 Å². The van der Waals surface area contributed by atoms with Crippen LogP contribution in [0, 0.1) is 6.92 Å². The lowest BCUT2D eigenvalue weighted by molar-refractivity contribution is 0.276. The highest BCUT2D eigenvalue weighted by molar-refractivity contribution is 6.43. The lowest BCUT2D eigenvalue weighted by Gasteiger charge is -2.37. The lowest BCUT2D eigenvalue weighted by atomic mass is 10.1. The Balaban J connectivity index is 1.60. The first-order valence-corrected chi connectivity index (χ1v) is 10.5. The molecule has 1 aliphatic heterocycles. The Labute approximate surface area is 185 Å². The quantitative estimate of drug-likeness (QED) is 0.589. The SMILES string of the molecule is Cc1nc(N2CCN(c3ccccc3N)CC2)c(CO)nc1-c1cccc(Cl)c1Cl. The summed E-state index contributed by atoms with van der Waals surface area (Å²) in [5.41, 5.74) is 10.6. The molecule has 0 radical (unpaired) electrons. The van der Waals surface area contributed by atoms with E-state index >= 15 is 0 Å². The fraction of sp³-hybridized carbons (Fsp3) is 0.273. The van der Waals surface area contributed by atoms with Crippen molar-refractivity contribution in [2.75, 3.05) is 41.7 Å². The molecule has 3 N–H and O–H groups in total. The monoisotopic (exact) mass is 443 g/mol. The molecule has 1 saturated heterocycles. The summed E-state index contributed by atoms with van der Waals surface area (Å²) in [5, 5.41) is 10.9. The van der Waals surface area contributed by atoms with Crippen molar-refractivity contribution in [1.29, 1.82) is 0 Å². The second-order valence-electron chi connectivity index (χ2n) is 7.22. The maximum atomic E-state index is 9.99. The van der Waals surface area contributed by atoms with Crippen LogP contribution < -0.4 is 15.5 Å². The van der Waals surface area contributed by atoms with Crippen LogP contribution in [0.15, 0.2) is 42.5 Å². The largest absolute Gasteiger partial charge is 0.397 e. The van der Waals surface area contributed by atoms with Crippen molar-refractivity contribution in [2.45, 2.75) is 13.5 Å². The molecule has 0 atom stereocenters. The maximum Gasteiger partial charge on any atom is 0.153 e. The number of halogens is 2. The van der Waals surface area contributed by atoms with Crippen LogP contribution in [0.25, 0.3) is 11.3 Å². The molecule has 0 unspecified atom stereocenters. The van der Waals surface area contributed by atoms with Gasteiger partial charge < -0.3 is 20.6 Å². The predicted molar refractivity (Wildman–Crippen MR) is 123 cm³/mol. The van der Waals surface area contributed by atoms with E-state index in [9.17, 15) is 5.11 Å². The Hall–Kier alpha value is -2.54. The number of benzene rings is 2. The number of nitrogens with zero attached hydrogens (tertiary/aromatic N) is 4. The number of aromatic nitrogens is 2. The summed E-state index contributed by atoms with van der Waals surface area (Å²) in [7, 11) is 0. The van der Waals surface area contributed by atoms with Crippen LogP contribution in [0.2, 0.25) is 10.0 Å². The Kier molecular flexibility index (Phi) is 5.99. The van der Waals surface area contributed by atoms with E-state index in [4.69, 9.17) is 38.9 Å². The van der Waals surface area contributed by atoms with Gasteiger partial charge in [-0.1, -0.05) is 47.5 Å². The molecule has 6 nitrogen and oxygen atoms in total. The van der Waals surface area contributed by atoms with Crippen molar-refractivity contribution >= 4 is 40.4 Å². The zero-order chi connectivity index (χ0) is 21.3. The van der Waals surface area contributed by atoms with Crippen LogP contribution >= 0.6 is 23.2 Å². The summed E-state index contributed by atoms with van der Waals surface area (Å²) in [5.74, 6) is 0.706. The molecular formula is C22H23Cl2N5O. The number of nitrogens with two attached hydrogens (primary N) is 1. The summed E-state index contributed by atoms with van der Waals surface area (Å²) < 4.78 is 0. The highest BCUT2D eigenvalue weighted by Gasteiger charge is 2.24. The molecule has 3 aromatic rings. The fourth-order valence-electron chi connectivity index (χ4n) is 3.78. The van der Waals surface area contributed by atoms with E-state index in [1.54, 1.807) is 6.07 Å². The molecule has 1 aliphatic rings. The van der Waals surface area contributed by atoms with Gasteiger partial charge in [0.15, 0.2) is 5.82 Å². The molecule has 4 rings (SSSR count). The van der Waals surface area contributed by atoms with Crippen molar-refractivity contribution in [1.82, 2.24) is 9.97 Å². The van der Waals surface area contributed by atoms with E-state index in [2.05, 4.69) is 9.80 Å². The normalized spacial score (nSPS) is 14.3. The molecule has 8 heteroatoms. The van der Waals surface area contributed by atoms with Crippen molar-refractivity contribution in [3.8, 4) is 11.3 Å². The zero-order valence-electron chi connectivity index (χ0n) is 16.6. The van der Waals surface area contributed by atoms with E-state index in [0.717, 1.165) is 43.2 Å². The summed E-state index contributed by atoms with van der Waals surface area (Å²) in [6, 6.07) is 13.3. The van der Waals surface area contributed by atoms with Gasteiger partial charge >= 0.3 is 0 Å². The molecule has 0 saturated carbocycles. The van der Waals surface area contributed by atoms with Crippen LogP contribution in [-0.2, 0) is 6.61 Å². The molecular weight excluding hydrogens is 421 g/mol. The predicted octanol–water partition coefficient (Wildman–Crippen LogP) is 4.16. The number of aryl methyl sites for hydroxylation is 1. The minimum atomic E-state index is -0.209. The van der Waals surface area contributed by atoms with E-state index in [1.807, 2.05) is 43.3 Å². The third-order valence-electron chi connectivity index (χ3n) is 5.33. The zero-order valence-corrected chi connectivity index (χ0v) is 18.2. The Bertz CT molecular complexity index is 1070. The van der Waals surface area contributed by atoms with Crippen molar-refractivity contribution < 1.29 is 5.11 Å². The molecule has 2 aromatic carbocycles. The van der Waals surface area contributed by atoms with Gasteiger partial charge in [-0.3, -0.25) is 0 Å². The first kappa shape index (κ1) is 20.7. The summed E-state index contributed by atoms with van der Waals surface area (Å²) in [6.45, 7) is 4.81. The first-order chi connectivity index (χ1) is 14.5. The molecule has 30 heavy (non-hydrogen) atoms. The van der Waals surface area contributed by atoms with Gasteiger partial charge in [0.05, 0.1) is 39.4 Å². The van der Waals surface area contributed by atoms with Gasteiger partial charge in [0.1, 0.15) is 5.69 Å². The Morgan fingerprint density at radius 1 is 0.967 bits per heavy atom. The van der Waals surface area contributed by atoms with Crippen LogP contribution in [0.5, 0.6) is 0 Å². The molecule has 1 fully saturated rings. The third-order valence-corrected chi connectivity index (χ3v) is 6.15. The van der Waals surface area contributed by atoms with Gasteiger partial charge in [0.2, 0.25) is 0 Å². The van der Waals surface area contributed by atoms with Crippen molar-refractivity contribution in [3.05, 3.63) is 63.9 Å². The molecule has 156 valence electrons. The number of hydrogen-bond donors (Lipinski definition) is 2. The summed E-state index contributed by atoms with van der Waals surface area (Å²) >= 11 is 12.5. The van der Waals surface area contributed by atoms with Gasteiger partial charge in [-0.2, -0.15) is 0 Å². The second-order valence-corrected chi connectivity index (χ2v) is 8.01. The van der Waals surface area contributed by atoms with Gasteiger partial charge in [0, 0.05) is 31.7 Å². The number of hydrogen-bond acceptors (Lipinski definition) is 6. The van der Waals surface area contributed by atoms with E-state index in [1.165, 1.54) is 0 Å². The van der Waals surface area contributed by atoms with Crippen molar-refractivity contribution in [3.63, 3.8) is 0 Å². The number of rotatable bonds is 4. The molecule has 2 heterocycles. The van der Waals surface area contributed by atoms with Gasteiger partial charge in [0.25, 0.3) is 0 Å². The molecule has 0 amide bonds. The van der Waals surface area contributed by atoms with E-state index < -0.39 is 0 Å². The standard InChI is InChI=1S/C22H23Cl2N5O/c1-14-21(15-5-4-6-16(23)20(15)24)27-18(13-30)22(26-14)29-11-9-28(10-12-29)19-8-3-2-7-17(19)25/h2-8,30H,9-13,25H2,1H3. The fourth-order valence-corrected chi connectivity index (χ4v) is 4.17. The van der Waals surface area contributed by atoms with E-state index in [0.29, 0.717) is 32.8 Å². The highest BCUT2D eigenvalue weighted by Crippen LogP contribution is 2.35. The van der Waals surface area contributed by atoms with Crippen LogP contribution in [0.1, 0.15) is 11.4 Å². The molecule has 0 spiro atoms. The number of para-hydroxylation sites is 2. The van der Waals surface area contributed by atoms with Crippen LogP contribution in [0.4, 0.5) is 17.2 Å². The number of nitrogen functional groups attached to an aromatic ring is 1. The second kappa shape index (κ2) is 8.68. The first-order valence-electron chi connectivity index (χ1n) is 9.76. The lowest BCUT2D eigenvalue weighted by Crippen LogP contribution is -2.47. The number of piperazine rings is 1. The smallest absolute Gasteiger partial charge is 0.153 e.